The fourth-order valence-electron chi connectivity index (χ4n) is 3.48. The standard InChI is InChI=1S/C23H20F4N2/c1-22(23(25,26)27)11-8-18(9-12-22)20-15-28-29-13-10-17(14-21(20)29)3-2-16-4-6-19(24)7-5-16/h4-11,13-15H,2-3,12H2,1H3. The zero-order valence-electron chi connectivity index (χ0n) is 15.9. The van der Waals surface area contributed by atoms with E-state index in [1.54, 1.807) is 35.0 Å². The summed E-state index contributed by atoms with van der Waals surface area (Å²) in [5.74, 6) is -0.255. The smallest absolute Gasteiger partial charge is 0.240 e. The van der Waals surface area contributed by atoms with E-state index >= 15 is 0 Å². The van der Waals surface area contributed by atoms with Crippen molar-refractivity contribution in [1.29, 1.82) is 0 Å². The molecule has 29 heavy (non-hydrogen) atoms. The molecule has 2 heterocycles. The van der Waals surface area contributed by atoms with Crippen molar-refractivity contribution in [3.63, 3.8) is 0 Å². The largest absolute Gasteiger partial charge is 0.397 e. The molecule has 6 heteroatoms. The van der Waals surface area contributed by atoms with E-state index in [0.717, 1.165) is 40.6 Å². The number of rotatable bonds is 4. The number of hydrogen-bond acceptors (Lipinski definition) is 1. The van der Waals surface area contributed by atoms with Crippen LogP contribution in [0.25, 0.3) is 11.1 Å². The third-order valence-electron chi connectivity index (χ3n) is 5.54. The van der Waals surface area contributed by atoms with Gasteiger partial charge in [0.2, 0.25) is 0 Å². The molecule has 0 bridgehead atoms. The number of aromatic nitrogens is 2. The van der Waals surface area contributed by atoms with Crippen LogP contribution < -0.4 is 0 Å². The maximum atomic E-state index is 13.2. The van der Waals surface area contributed by atoms with Crippen LogP contribution in [0, 0.1) is 11.2 Å². The van der Waals surface area contributed by atoms with Crippen LogP contribution in [0.3, 0.4) is 0 Å². The number of nitrogens with zero attached hydrogens (tertiary/aromatic N) is 2. The van der Waals surface area contributed by atoms with Gasteiger partial charge in [0, 0.05) is 11.8 Å². The minimum Gasteiger partial charge on any atom is -0.240 e. The Labute approximate surface area is 166 Å². The molecule has 0 saturated heterocycles. The number of allylic oxidation sites excluding steroid dienone is 4. The second-order valence-corrected chi connectivity index (χ2v) is 7.66. The normalized spacial score (nSPS) is 19.6. The van der Waals surface area contributed by atoms with Crippen molar-refractivity contribution in [1.82, 2.24) is 9.61 Å². The first-order valence-electron chi connectivity index (χ1n) is 9.42. The molecule has 3 aromatic rings. The molecule has 1 aliphatic rings. The third-order valence-corrected chi connectivity index (χ3v) is 5.54. The highest BCUT2D eigenvalue weighted by Gasteiger charge is 2.49. The maximum Gasteiger partial charge on any atom is 0.397 e. The molecule has 0 spiro atoms. The van der Waals surface area contributed by atoms with E-state index in [0.29, 0.717) is 0 Å². The Kier molecular flexibility index (Phi) is 4.81. The molecule has 2 nitrogen and oxygen atoms in total. The quantitative estimate of drug-likeness (QED) is 0.479. The van der Waals surface area contributed by atoms with Crippen LogP contribution in [0.5, 0.6) is 0 Å². The molecule has 0 fully saturated rings. The summed E-state index contributed by atoms with van der Waals surface area (Å²) < 4.78 is 54.5. The Hall–Kier alpha value is -2.89. The monoisotopic (exact) mass is 400 g/mol. The van der Waals surface area contributed by atoms with Crippen LogP contribution >= 0.6 is 0 Å². The lowest BCUT2D eigenvalue weighted by atomic mass is 9.80. The van der Waals surface area contributed by atoms with Gasteiger partial charge in [-0.15, -0.1) is 0 Å². The lowest BCUT2D eigenvalue weighted by Gasteiger charge is -2.30. The van der Waals surface area contributed by atoms with Gasteiger partial charge < -0.3 is 0 Å². The molecule has 0 radical (unpaired) electrons. The van der Waals surface area contributed by atoms with Gasteiger partial charge in [-0.25, -0.2) is 8.91 Å². The third kappa shape index (κ3) is 3.84. The summed E-state index contributed by atoms with van der Waals surface area (Å²) in [4.78, 5) is 0. The molecule has 1 aromatic carbocycles. The molecule has 0 amide bonds. The van der Waals surface area contributed by atoms with Crippen molar-refractivity contribution < 1.29 is 17.6 Å². The van der Waals surface area contributed by atoms with E-state index in [9.17, 15) is 17.6 Å². The fraction of sp³-hybridized carbons (Fsp3) is 0.261. The molecular weight excluding hydrogens is 380 g/mol. The van der Waals surface area contributed by atoms with E-state index in [1.807, 2.05) is 18.3 Å². The maximum absolute atomic E-state index is 13.2. The summed E-state index contributed by atoms with van der Waals surface area (Å²) in [5.41, 5.74) is 2.72. The Balaban J connectivity index is 1.56. The Bertz CT molecular complexity index is 1090. The van der Waals surface area contributed by atoms with Crippen LogP contribution in [-0.4, -0.2) is 15.8 Å². The molecule has 0 saturated carbocycles. The molecular formula is C23H20F4N2. The molecule has 150 valence electrons. The van der Waals surface area contributed by atoms with Crippen LogP contribution in [0.15, 0.2) is 67.0 Å². The summed E-state index contributed by atoms with van der Waals surface area (Å²) in [6.07, 6.45) is 5.13. The number of halogens is 4. The van der Waals surface area contributed by atoms with Gasteiger partial charge in [0.1, 0.15) is 5.82 Å². The molecule has 1 atom stereocenters. The van der Waals surface area contributed by atoms with Crippen molar-refractivity contribution in [2.24, 2.45) is 5.41 Å². The first-order valence-corrected chi connectivity index (χ1v) is 9.42. The van der Waals surface area contributed by atoms with Crippen molar-refractivity contribution in [2.45, 2.75) is 32.4 Å². The highest BCUT2D eigenvalue weighted by Crippen LogP contribution is 2.45. The highest BCUT2D eigenvalue weighted by molar-refractivity contribution is 5.84. The second kappa shape index (κ2) is 7.17. The Morgan fingerprint density at radius 2 is 1.79 bits per heavy atom. The molecule has 1 unspecified atom stereocenters. The van der Waals surface area contributed by atoms with E-state index in [-0.39, 0.29) is 12.2 Å². The second-order valence-electron chi connectivity index (χ2n) is 7.66. The molecule has 2 aromatic heterocycles. The average Bonchev–Trinajstić information content (AvgIpc) is 3.10. The number of alkyl halides is 3. The van der Waals surface area contributed by atoms with Crippen molar-refractivity contribution in [3.8, 4) is 0 Å². The number of aryl methyl sites for hydroxylation is 2. The number of hydrogen-bond donors (Lipinski definition) is 0. The molecule has 0 N–H and O–H groups in total. The number of fused-ring (bicyclic) bond motifs is 1. The highest BCUT2D eigenvalue weighted by atomic mass is 19.4. The summed E-state index contributed by atoms with van der Waals surface area (Å²) in [7, 11) is 0. The number of pyridine rings is 1. The lowest BCUT2D eigenvalue weighted by molar-refractivity contribution is -0.199. The van der Waals surface area contributed by atoms with Crippen molar-refractivity contribution in [3.05, 3.63) is 89.5 Å². The molecule has 4 rings (SSSR count). The first kappa shape index (κ1) is 19.4. The van der Waals surface area contributed by atoms with Gasteiger partial charge >= 0.3 is 6.18 Å². The topological polar surface area (TPSA) is 17.3 Å². The average molecular weight is 400 g/mol. The fourth-order valence-corrected chi connectivity index (χ4v) is 3.48. The van der Waals surface area contributed by atoms with Gasteiger partial charge in [0.15, 0.2) is 0 Å². The summed E-state index contributed by atoms with van der Waals surface area (Å²) >= 11 is 0. The van der Waals surface area contributed by atoms with Crippen LogP contribution in [0.4, 0.5) is 17.6 Å². The van der Waals surface area contributed by atoms with Gasteiger partial charge in [-0.3, -0.25) is 0 Å². The Morgan fingerprint density at radius 1 is 1.07 bits per heavy atom. The minimum atomic E-state index is -4.28. The summed E-state index contributed by atoms with van der Waals surface area (Å²) in [6, 6.07) is 10.4. The SMILES string of the molecule is CC1(C(F)(F)F)C=CC(c2cnn3ccc(CCc4ccc(F)cc4)cc23)=CC1. The van der Waals surface area contributed by atoms with Crippen LogP contribution in [0.2, 0.25) is 0 Å². The molecule has 1 aliphatic carbocycles. The zero-order chi connectivity index (χ0) is 20.6. The Morgan fingerprint density at radius 3 is 2.45 bits per heavy atom. The zero-order valence-corrected chi connectivity index (χ0v) is 15.9. The minimum absolute atomic E-state index is 0.0933. The summed E-state index contributed by atoms with van der Waals surface area (Å²) in [6.45, 7) is 1.21. The summed E-state index contributed by atoms with van der Waals surface area (Å²) in [5, 5.41) is 4.33. The van der Waals surface area contributed by atoms with Gasteiger partial charge in [0.05, 0.1) is 17.1 Å². The van der Waals surface area contributed by atoms with Crippen LogP contribution in [0.1, 0.15) is 30.0 Å². The number of benzene rings is 1. The van der Waals surface area contributed by atoms with Gasteiger partial charge in [-0.05, 0) is 67.2 Å². The van der Waals surface area contributed by atoms with Gasteiger partial charge in [0.25, 0.3) is 0 Å². The first-order chi connectivity index (χ1) is 13.7. The van der Waals surface area contributed by atoms with Crippen LogP contribution in [-0.2, 0) is 12.8 Å². The van der Waals surface area contributed by atoms with Crippen molar-refractivity contribution >= 4 is 11.1 Å². The predicted octanol–water partition coefficient (Wildman–Crippen LogP) is 6.17. The van der Waals surface area contributed by atoms with E-state index in [1.165, 1.54) is 25.1 Å². The van der Waals surface area contributed by atoms with E-state index in [2.05, 4.69) is 5.10 Å². The predicted molar refractivity (Wildman–Crippen MR) is 105 cm³/mol. The van der Waals surface area contributed by atoms with Crippen molar-refractivity contribution in [2.75, 3.05) is 0 Å². The van der Waals surface area contributed by atoms with E-state index in [4.69, 9.17) is 0 Å². The van der Waals surface area contributed by atoms with E-state index < -0.39 is 11.6 Å². The molecule has 0 aliphatic heterocycles. The lowest BCUT2D eigenvalue weighted by Crippen LogP contribution is -2.33. The van der Waals surface area contributed by atoms with Gasteiger partial charge in [-0.2, -0.15) is 18.3 Å². The van der Waals surface area contributed by atoms with Gasteiger partial charge in [-0.1, -0.05) is 30.4 Å².